The van der Waals surface area contributed by atoms with Crippen LogP contribution in [0.4, 0.5) is 5.69 Å². The fraction of sp³-hybridized carbons (Fsp3) is 0.481. The van der Waals surface area contributed by atoms with Gasteiger partial charge in [-0.05, 0) is 56.5 Å². The van der Waals surface area contributed by atoms with Gasteiger partial charge in [0.05, 0.1) is 12.8 Å². The Morgan fingerprint density at radius 3 is 2.33 bits per heavy atom. The summed E-state index contributed by atoms with van der Waals surface area (Å²) < 4.78 is 5.62. The second kappa shape index (κ2) is 9.96. The van der Waals surface area contributed by atoms with Crippen molar-refractivity contribution in [3.63, 3.8) is 0 Å². The lowest BCUT2D eigenvalue weighted by Gasteiger charge is -2.41. The molecule has 2 aromatic carbocycles. The van der Waals surface area contributed by atoms with E-state index in [0.717, 1.165) is 43.1 Å². The Balaban J connectivity index is 1.39. The number of hydrogen-bond acceptors (Lipinski definition) is 5. The van der Waals surface area contributed by atoms with Crippen LogP contribution < -0.4 is 9.64 Å². The Morgan fingerprint density at radius 1 is 0.909 bits per heavy atom. The molecule has 174 valence electrons. The fourth-order valence-corrected chi connectivity index (χ4v) is 5.45. The van der Waals surface area contributed by atoms with Crippen LogP contribution in [0.2, 0.25) is 0 Å². The number of rotatable bonds is 5. The highest BCUT2D eigenvalue weighted by Gasteiger charge is 2.40. The van der Waals surface area contributed by atoms with Gasteiger partial charge in [-0.2, -0.15) is 0 Å². The van der Waals surface area contributed by atoms with Gasteiger partial charge in [0.2, 0.25) is 5.96 Å². The minimum absolute atomic E-state index is 0.0245. The smallest absolute Gasteiger partial charge is 0.259 e. The number of likely N-dealkylation sites (tertiary alicyclic amines) is 2. The number of nitrogens with zero attached hydrogens (tertiary/aromatic N) is 4. The van der Waals surface area contributed by atoms with E-state index in [4.69, 9.17) is 9.73 Å². The lowest BCUT2D eigenvalue weighted by molar-refractivity contribution is -0.118. The van der Waals surface area contributed by atoms with Crippen molar-refractivity contribution in [3.8, 4) is 5.75 Å². The zero-order valence-corrected chi connectivity index (χ0v) is 19.5. The molecule has 2 fully saturated rings. The lowest BCUT2D eigenvalue weighted by atomic mass is 10.00. The van der Waals surface area contributed by atoms with Crippen molar-refractivity contribution in [1.82, 2.24) is 9.80 Å². The number of aliphatic imine (C=N–C) groups is 1. The maximum atomic E-state index is 13.7. The molecule has 3 aliphatic rings. The van der Waals surface area contributed by atoms with E-state index in [1.807, 2.05) is 42.5 Å². The van der Waals surface area contributed by atoms with Crippen molar-refractivity contribution in [2.75, 3.05) is 38.2 Å². The number of ether oxygens (including phenoxy) is 1. The molecule has 0 saturated carbocycles. The van der Waals surface area contributed by atoms with Gasteiger partial charge in [0.15, 0.2) is 0 Å². The van der Waals surface area contributed by atoms with Crippen LogP contribution in [0, 0.1) is 0 Å². The molecular formula is C27H34N4O2. The summed E-state index contributed by atoms with van der Waals surface area (Å²) in [5, 5.41) is 0. The molecule has 0 N–H and O–H groups in total. The molecule has 2 saturated heterocycles. The van der Waals surface area contributed by atoms with Crippen molar-refractivity contribution in [1.29, 1.82) is 0 Å². The zero-order chi connectivity index (χ0) is 22.6. The summed E-state index contributed by atoms with van der Waals surface area (Å²) in [7, 11) is 1.65. The number of methoxy groups -OCH3 is 1. The topological polar surface area (TPSA) is 48.4 Å². The molecule has 2 aromatic rings. The van der Waals surface area contributed by atoms with E-state index in [2.05, 4.69) is 21.9 Å². The van der Waals surface area contributed by atoms with Gasteiger partial charge in [-0.15, -0.1) is 0 Å². The van der Waals surface area contributed by atoms with E-state index in [-0.39, 0.29) is 5.91 Å². The molecule has 0 radical (unpaired) electrons. The van der Waals surface area contributed by atoms with Gasteiger partial charge in [-0.1, -0.05) is 48.9 Å². The molecular weight excluding hydrogens is 412 g/mol. The molecule has 5 rings (SSSR count). The molecule has 1 unspecified atom stereocenters. The second-order valence-electron chi connectivity index (χ2n) is 9.29. The van der Waals surface area contributed by atoms with Gasteiger partial charge in [-0.25, -0.2) is 9.89 Å². The second-order valence-corrected chi connectivity index (χ2v) is 9.29. The third-order valence-electron chi connectivity index (χ3n) is 7.23. The minimum atomic E-state index is -0.410. The fourth-order valence-electron chi connectivity index (χ4n) is 5.45. The van der Waals surface area contributed by atoms with E-state index < -0.39 is 6.04 Å². The van der Waals surface area contributed by atoms with Crippen LogP contribution in [0.15, 0.2) is 59.6 Å². The lowest BCUT2D eigenvalue weighted by Crippen LogP contribution is -2.52. The van der Waals surface area contributed by atoms with Crippen LogP contribution in [-0.4, -0.2) is 67.0 Å². The van der Waals surface area contributed by atoms with Crippen molar-refractivity contribution in [3.05, 3.63) is 60.2 Å². The Bertz CT molecular complexity index is 979. The highest BCUT2D eigenvalue weighted by atomic mass is 16.5. The highest BCUT2D eigenvalue weighted by Crippen LogP contribution is 2.33. The number of anilines is 1. The first-order valence-electron chi connectivity index (χ1n) is 12.3. The number of carbonyl (C=O) groups is 1. The minimum Gasteiger partial charge on any atom is -0.495 e. The van der Waals surface area contributed by atoms with Gasteiger partial charge in [0.25, 0.3) is 5.91 Å². The largest absolute Gasteiger partial charge is 0.495 e. The number of piperidine rings is 2. The quantitative estimate of drug-likeness (QED) is 0.698. The summed E-state index contributed by atoms with van der Waals surface area (Å²) in [5.41, 5.74) is 1.90. The number of carbonyl (C=O) groups excluding carboxylic acids is 1. The van der Waals surface area contributed by atoms with E-state index in [1.54, 1.807) is 12.0 Å². The van der Waals surface area contributed by atoms with Crippen molar-refractivity contribution < 1.29 is 9.53 Å². The van der Waals surface area contributed by atoms with E-state index in [9.17, 15) is 4.79 Å². The van der Waals surface area contributed by atoms with E-state index >= 15 is 0 Å². The predicted octanol–water partition coefficient (Wildman–Crippen LogP) is 3.96. The number of guanidine groups is 1. The summed E-state index contributed by atoms with van der Waals surface area (Å²) >= 11 is 0. The van der Waals surface area contributed by atoms with Crippen LogP contribution >= 0.6 is 0 Å². The van der Waals surface area contributed by atoms with Gasteiger partial charge in [0.1, 0.15) is 11.8 Å². The first kappa shape index (κ1) is 22.0. The Morgan fingerprint density at radius 2 is 1.61 bits per heavy atom. The standard InChI is InChI=1S/C27H34N4O2/c1-33-25-13-7-6-12-24(25)31-26(32)23(20-21-10-4-2-5-11-21)28-27(31)30-18-14-22(15-19-30)29-16-8-3-9-17-29/h2,4-7,10-13,22-23H,3,8-9,14-20H2,1H3. The van der Waals surface area contributed by atoms with Crippen LogP contribution in [-0.2, 0) is 11.2 Å². The molecule has 1 amide bonds. The van der Waals surface area contributed by atoms with Gasteiger partial charge in [-0.3, -0.25) is 4.79 Å². The Kier molecular flexibility index (Phi) is 6.63. The average molecular weight is 447 g/mol. The molecule has 3 aliphatic heterocycles. The van der Waals surface area contributed by atoms with Crippen LogP contribution in [0.3, 0.4) is 0 Å². The Labute approximate surface area is 196 Å². The maximum Gasteiger partial charge on any atom is 0.259 e. The summed E-state index contributed by atoms with van der Waals surface area (Å²) in [5.74, 6) is 1.50. The molecule has 0 aliphatic carbocycles. The van der Waals surface area contributed by atoms with Crippen LogP contribution in [0.25, 0.3) is 0 Å². The van der Waals surface area contributed by atoms with E-state index in [1.165, 1.54) is 32.4 Å². The summed E-state index contributed by atoms with van der Waals surface area (Å²) in [4.78, 5) is 25.5. The van der Waals surface area contributed by atoms with Crippen LogP contribution in [0.5, 0.6) is 5.75 Å². The van der Waals surface area contributed by atoms with Gasteiger partial charge >= 0.3 is 0 Å². The molecule has 0 spiro atoms. The summed E-state index contributed by atoms with van der Waals surface area (Å²) in [6, 6.07) is 18.2. The third kappa shape index (κ3) is 4.62. The maximum absolute atomic E-state index is 13.7. The molecule has 6 nitrogen and oxygen atoms in total. The molecule has 6 heteroatoms. The van der Waals surface area contributed by atoms with Gasteiger partial charge in [0, 0.05) is 25.6 Å². The predicted molar refractivity (Wildman–Crippen MR) is 132 cm³/mol. The number of para-hydroxylation sites is 2. The highest BCUT2D eigenvalue weighted by molar-refractivity contribution is 6.22. The molecule has 0 aromatic heterocycles. The van der Waals surface area contributed by atoms with Crippen molar-refractivity contribution >= 4 is 17.6 Å². The van der Waals surface area contributed by atoms with E-state index in [0.29, 0.717) is 18.2 Å². The van der Waals surface area contributed by atoms with Gasteiger partial charge < -0.3 is 14.5 Å². The van der Waals surface area contributed by atoms with Crippen molar-refractivity contribution in [2.45, 2.75) is 50.6 Å². The molecule has 3 heterocycles. The number of amides is 1. The third-order valence-corrected chi connectivity index (χ3v) is 7.23. The molecule has 1 atom stereocenters. The SMILES string of the molecule is COc1ccccc1N1C(=O)C(Cc2ccccc2)N=C1N1CCC(N2CCCCC2)CC1. The normalized spacial score (nSPS) is 22.5. The number of benzene rings is 2. The zero-order valence-electron chi connectivity index (χ0n) is 19.5. The average Bonchev–Trinajstić information content (AvgIpc) is 3.20. The summed E-state index contributed by atoms with van der Waals surface area (Å²) in [6.45, 7) is 4.32. The summed E-state index contributed by atoms with van der Waals surface area (Å²) in [6.07, 6.45) is 6.87. The first-order chi connectivity index (χ1) is 16.2. The van der Waals surface area contributed by atoms with Crippen LogP contribution in [0.1, 0.15) is 37.7 Å². The number of hydrogen-bond donors (Lipinski definition) is 0. The Hall–Kier alpha value is -2.86. The monoisotopic (exact) mass is 446 g/mol. The molecule has 0 bridgehead atoms. The van der Waals surface area contributed by atoms with Crippen molar-refractivity contribution in [2.24, 2.45) is 4.99 Å². The first-order valence-corrected chi connectivity index (χ1v) is 12.3. The molecule has 33 heavy (non-hydrogen) atoms.